The Labute approximate surface area is 153 Å². The van der Waals surface area contributed by atoms with Crippen LogP contribution < -0.4 is 5.32 Å². The normalized spacial score (nSPS) is 23.6. The van der Waals surface area contributed by atoms with Crippen LogP contribution >= 0.6 is 11.6 Å². The van der Waals surface area contributed by atoms with Gasteiger partial charge in [-0.1, -0.05) is 44.0 Å². The topological polar surface area (TPSA) is 25.8 Å². The molecule has 1 aromatic rings. The van der Waals surface area contributed by atoms with Crippen LogP contribution in [-0.4, -0.2) is 18.8 Å². The molecule has 0 unspecified atom stereocenters. The molecule has 1 aromatic carbocycles. The number of nitrogens with two attached hydrogens (primary N) is 1. The molecule has 24 heavy (non-hydrogen) atoms. The summed E-state index contributed by atoms with van der Waals surface area (Å²) < 4.78 is 5.99. The summed E-state index contributed by atoms with van der Waals surface area (Å²) in [6.07, 6.45) is 6.37. The van der Waals surface area contributed by atoms with Gasteiger partial charge >= 0.3 is 0 Å². The molecule has 0 aliphatic carbocycles. The van der Waals surface area contributed by atoms with Gasteiger partial charge in [-0.3, -0.25) is 0 Å². The summed E-state index contributed by atoms with van der Waals surface area (Å²) in [5.74, 6) is 0.783. The van der Waals surface area contributed by atoms with Crippen LogP contribution in [0.2, 0.25) is 5.02 Å². The third-order valence-electron chi connectivity index (χ3n) is 5.35. The maximum atomic E-state index is 5.99. The molecule has 0 amide bonds. The Bertz CT molecular complexity index is 497. The summed E-state index contributed by atoms with van der Waals surface area (Å²) in [6, 6.07) is 8.22. The molecule has 0 aromatic heterocycles. The lowest BCUT2D eigenvalue weighted by molar-refractivity contribution is -0.672. The molecule has 2 rings (SSSR count). The molecule has 0 radical (unpaired) electrons. The van der Waals surface area contributed by atoms with Crippen molar-refractivity contribution in [1.29, 1.82) is 0 Å². The molecule has 136 valence electrons. The molecule has 2 N–H and O–H groups in total. The third kappa shape index (κ3) is 6.38. The molecule has 1 atom stereocenters. The Morgan fingerprint density at radius 2 is 1.88 bits per heavy atom. The first-order valence-electron chi connectivity index (χ1n) is 9.50. The highest BCUT2D eigenvalue weighted by Gasteiger charge is 2.40. The van der Waals surface area contributed by atoms with E-state index in [0.717, 1.165) is 24.1 Å². The lowest BCUT2D eigenvalue weighted by atomic mass is 9.68. The minimum absolute atomic E-state index is 0.0331. The first kappa shape index (κ1) is 19.8. The van der Waals surface area contributed by atoms with E-state index in [4.69, 9.17) is 16.3 Å². The van der Waals surface area contributed by atoms with Crippen LogP contribution in [0.4, 0.5) is 0 Å². The lowest BCUT2D eigenvalue weighted by Crippen LogP contribution is -2.83. The number of quaternary nitrogens is 1. The van der Waals surface area contributed by atoms with Crippen molar-refractivity contribution in [3.05, 3.63) is 34.9 Å². The molecule has 3 heteroatoms. The molecule has 0 spiro atoms. The van der Waals surface area contributed by atoms with E-state index < -0.39 is 0 Å². The van der Waals surface area contributed by atoms with Crippen LogP contribution in [0, 0.1) is 11.3 Å². The van der Waals surface area contributed by atoms with Gasteiger partial charge in [-0.25, -0.2) is 0 Å². The Morgan fingerprint density at radius 3 is 2.50 bits per heavy atom. The SMILES string of the molecule is CC(C)CC[C@]1(CC[NH2+]Cc2ccc(Cl)cc2)CCOC(C)(C)C1. The third-order valence-corrected chi connectivity index (χ3v) is 5.60. The number of benzene rings is 1. The molecule has 1 aliphatic heterocycles. The summed E-state index contributed by atoms with van der Waals surface area (Å²) in [7, 11) is 0. The van der Waals surface area contributed by atoms with Crippen molar-refractivity contribution in [2.75, 3.05) is 13.2 Å². The zero-order valence-electron chi connectivity index (χ0n) is 15.9. The zero-order chi connectivity index (χ0) is 17.6. The quantitative estimate of drug-likeness (QED) is 0.668. The lowest BCUT2D eigenvalue weighted by Gasteiger charge is -2.45. The van der Waals surface area contributed by atoms with Gasteiger partial charge in [0.05, 0.1) is 12.1 Å². The average Bonchev–Trinajstić information content (AvgIpc) is 2.51. The van der Waals surface area contributed by atoms with Gasteiger partial charge < -0.3 is 10.1 Å². The molecule has 1 fully saturated rings. The molecule has 0 bridgehead atoms. The second-order valence-electron chi connectivity index (χ2n) is 8.63. The highest BCUT2D eigenvalue weighted by atomic mass is 35.5. The predicted molar refractivity (Wildman–Crippen MR) is 102 cm³/mol. The molecule has 1 aliphatic rings. The summed E-state index contributed by atoms with van der Waals surface area (Å²) in [4.78, 5) is 0. The smallest absolute Gasteiger partial charge is 0.101 e. The first-order chi connectivity index (χ1) is 11.3. The van der Waals surface area contributed by atoms with Crippen molar-refractivity contribution in [2.24, 2.45) is 11.3 Å². The van der Waals surface area contributed by atoms with Crippen LogP contribution in [0.3, 0.4) is 0 Å². The zero-order valence-corrected chi connectivity index (χ0v) is 16.7. The fourth-order valence-electron chi connectivity index (χ4n) is 4.03. The fraction of sp³-hybridized carbons (Fsp3) is 0.714. The van der Waals surface area contributed by atoms with Gasteiger partial charge in [0.25, 0.3) is 0 Å². The van der Waals surface area contributed by atoms with E-state index >= 15 is 0 Å². The summed E-state index contributed by atoms with van der Waals surface area (Å²) in [5, 5.41) is 3.26. The van der Waals surface area contributed by atoms with Gasteiger partial charge in [-0.2, -0.15) is 0 Å². The standard InChI is InChI=1S/C21H34ClNO/c1-17(2)9-10-21(12-14-24-20(3,4)16-21)11-13-23-15-18-5-7-19(22)8-6-18/h5-8,17,23H,9-16H2,1-4H3/p+1/t21-/m0/s1. The molecular weight excluding hydrogens is 318 g/mol. The number of hydrogen-bond acceptors (Lipinski definition) is 1. The van der Waals surface area contributed by atoms with Gasteiger partial charge in [0.15, 0.2) is 0 Å². The van der Waals surface area contributed by atoms with Crippen LogP contribution in [0.25, 0.3) is 0 Å². The maximum absolute atomic E-state index is 5.99. The molecular formula is C21H35ClNO+. The van der Waals surface area contributed by atoms with Crippen molar-refractivity contribution in [3.63, 3.8) is 0 Å². The summed E-state index contributed by atoms with van der Waals surface area (Å²) in [6.45, 7) is 12.3. The first-order valence-corrected chi connectivity index (χ1v) is 9.88. The van der Waals surface area contributed by atoms with E-state index in [1.807, 2.05) is 12.1 Å². The number of halogens is 1. The Morgan fingerprint density at radius 1 is 1.17 bits per heavy atom. The highest BCUT2D eigenvalue weighted by Crippen LogP contribution is 2.45. The van der Waals surface area contributed by atoms with Crippen molar-refractivity contribution in [2.45, 2.75) is 71.9 Å². The number of ether oxygens (including phenoxy) is 1. The second-order valence-corrected chi connectivity index (χ2v) is 9.06. The maximum Gasteiger partial charge on any atom is 0.101 e. The average molecular weight is 353 g/mol. The van der Waals surface area contributed by atoms with E-state index in [9.17, 15) is 0 Å². The van der Waals surface area contributed by atoms with Gasteiger partial charge in [-0.15, -0.1) is 0 Å². The van der Waals surface area contributed by atoms with Crippen molar-refractivity contribution < 1.29 is 10.1 Å². The van der Waals surface area contributed by atoms with E-state index in [2.05, 4.69) is 45.1 Å². The van der Waals surface area contributed by atoms with Crippen molar-refractivity contribution >= 4 is 11.6 Å². The fourth-order valence-corrected chi connectivity index (χ4v) is 4.16. The van der Waals surface area contributed by atoms with Gasteiger partial charge in [0.2, 0.25) is 0 Å². The van der Waals surface area contributed by atoms with Gasteiger partial charge in [0, 0.05) is 23.6 Å². The number of rotatable bonds is 8. The summed E-state index contributed by atoms with van der Waals surface area (Å²) in [5.41, 5.74) is 1.84. The Balaban J connectivity index is 1.87. The van der Waals surface area contributed by atoms with Crippen LogP contribution in [0.5, 0.6) is 0 Å². The van der Waals surface area contributed by atoms with E-state index in [0.29, 0.717) is 5.41 Å². The van der Waals surface area contributed by atoms with Crippen molar-refractivity contribution in [3.8, 4) is 0 Å². The highest BCUT2D eigenvalue weighted by molar-refractivity contribution is 6.30. The van der Waals surface area contributed by atoms with Gasteiger partial charge in [0.1, 0.15) is 6.54 Å². The van der Waals surface area contributed by atoms with Crippen LogP contribution in [0.1, 0.15) is 65.4 Å². The Kier molecular flexibility index (Phi) is 7.15. The molecule has 0 saturated carbocycles. The Hall–Kier alpha value is -0.570. The summed E-state index contributed by atoms with van der Waals surface area (Å²) >= 11 is 5.96. The van der Waals surface area contributed by atoms with E-state index in [-0.39, 0.29) is 5.60 Å². The van der Waals surface area contributed by atoms with Crippen LogP contribution in [0.15, 0.2) is 24.3 Å². The number of hydrogen-bond donors (Lipinski definition) is 1. The minimum atomic E-state index is 0.0331. The van der Waals surface area contributed by atoms with Gasteiger partial charge in [-0.05, 0) is 56.6 Å². The van der Waals surface area contributed by atoms with Crippen LogP contribution in [-0.2, 0) is 11.3 Å². The second kappa shape index (κ2) is 8.69. The van der Waals surface area contributed by atoms with E-state index in [1.54, 1.807) is 0 Å². The minimum Gasteiger partial charge on any atom is -0.376 e. The predicted octanol–water partition coefficient (Wildman–Crippen LogP) is 4.81. The largest absolute Gasteiger partial charge is 0.376 e. The molecule has 1 saturated heterocycles. The van der Waals surface area contributed by atoms with Crippen molar-refractivity contribution in [1.82, 2.24) is 0 Å². The molecule has 1 heterocycles. The van der Waals surface area contributed by atoms with E-state index in [1.165, 1.54) is 44.2 Å². The molecule has 2 nitrogen and oxygen atoms in total. The monoisotopic (exact) mass is 352 g/mol.